The van der Waals surface area contributed by atoms with E-state index in [0.29, 0.717) is 0 Å². The van der Waals surface area contributed by atoms with Gasteiger partial charge in [-0.3, -0.25) is 9.63 Å². The van der Waals surface area contributed by atoms with Crippen LogP contribution in [-0.4, -0.2) is 63.6 Å². The van der Waals surface area contributed by atoms with E-state index < -0.39 is 0 Å². The molecule has 1 N–H and O–H groups in total. The molecule has 236 valence electrons. The molecule has 2 aromatic carbocycles. The molecule has 0 radical (unpaired) electrons. The normalized spacial score (nSPS) is 12.9. The third-order valence-corrected chi connectivity index (χ3v) is 6.40. The highest BCUT2D eigenvalue weighted by atomic mass is 32.2. The van der Waals surface area contributed by atoms with Crippen molar-refractivity contribution < 1.29 is 23.8 Å². The number of unbranched alkanes of at least 4 members (excludes halogenated alkanes) is 1. The molecule has 0 spiro atoms. The minimum atomic E-state index is 0.111. The van der Waals surface area contributed by atoms with Gasteiger partial charge in [0.2, 0.25) is 6.41 Å². The zero-order valence-corrected chi connectivity index (χ0v) is 28.0. The van der Waals surface area contributed by atoms with E-state index in [2.05, 4.69) is 31.3 Å². The van der Waals surface area contributed by atoms with Crippen LogP contribution < -0.4 is 10.1 Å². The number of benzene rings is 2. The molecule has 1 fully saturated rings. The summed E-state index contributed by atoms with van der Waals surface area (Å²) >= 11 is 1.56. The van der Waals surface area contributed by atoms with Crippen LogP contribution in [0.15, 0.2) is 59.5 Å². The number of amides is 1. The number of nitrogens with one attached hydrogen (secondary N) is 1. The van der Waals surface area contributed by atoms with E-state index in [1.165, 1.54) is 18.4 Å². The Kier molecular flexibility index (Phi) is 30.9. The number of carbonyl (C=O) groups is 1. The van der Waals surface area contributed by atoms with E-state index >= 15 is 0 Å². The first kappa shape index (κ1) is 41.0. The SMILES string of the molecule is CC.CC.CCCCOC.COc1ccc(SN(CCC(C)NC=O)OC2CCOCC2)cc1.Cc1ccccc1. The summed E-state index contributed by atoms with van der Waals surface area (Å²) in [6, 6.07) is 18.3. The topological polar surface area (TPSA) is 69.3 Å². The number of rotatable bonds is 13. The fourth-order valence-electron chi connectivity index (χ4n) is 3.14. The van der Waals surface area contributed by atoms with Gasteiger partial charge in [0.05, 0.1) is 13.2 Å². The van der Waals surface area contributed by atoms with Gasteiger partial charge in [0.25, 0.3) is 0 Å². The summed E-state index contributed by atoms with van der Waals surface area (Å²) in [4.78, 5) is 17.8. The van der Waals surface area contributed by atoms with Gasteiger partial charge in [-0.15, -0.1) is 4.47 Å². The lowest BCUT2D eigenvalue weighted by molar-refractivity contribution is -0.153. The highest BCUT2D eigenvalue weighted by Gasteiger charge is 2.20. The maximum absolute atomic E-state index is 10.5. The Bertz CT molecular complexity index is 786. The molecule has 8 heteroatoms. The fourth-order valence-corrected chi connectivity index (χ4v) is 4.00. The van der Waals surface area contributed by atoms with Crippen molar-refractivity contribution in [2.45, 2.75) is 97.6 Å². The van der Waals surface area contributed by atoms with Crippen molar-refractivity contribution in [3.05, 3.63) is 60.2 Å². The lowest BCUT2D eigenvalue weighted by Gasteiger charge is -2.29. The summed E-state index contributed by atoms with van der Waals surface area (Å²) in [6.07, 6.45) is 5.96. The third-order valence-electron chi connectivity index (χ3n) is 5.44. The molecule has 0 saturated carbocycles. The maximum atomic E-state index is 10.5. The van der Waals surface area contributed by atoms with Crippen LogP contribution in [0, 0.1) is 6.92 Å². The van der Waals surface area contributed by atoms with Gasteiger partial charge in [-0.1, -0.05) is 76.9 Å². The highest BCUT2D eigenvalue weighted by Crippen LogP contribution is 2.27. The van der Waals surface area contributed by atoms with E-state index in [1.807, 2.05) is 81.6 Å². The van der Waals surface area contributed by atoms with E-state index in [9.17, 15) is 4.79 Å². The minimum Gasteiger partial charge on any atom is -0.497 e. The Morgan fingerprint density at radius 1 is 1.02 bits per heavy atom. The molecule has 7 nitrogen and oxygen atoms in total. The molecule has 1 heterocycles. The summed E-state index contributed by atoms with van der Waals surface area (Å²) in [5.41, 5.74) is 1.32. The van der Waals surface area contributed by atoms with Gasteiger partial charge in [-0.05, 0) is 75.7 Å². The summed E-state index contributed by atoms with van der Waals surface area (Å²) < 4.78 is 17.3. The molecule has 1 aliphatic heterocycles. The van der Waals surface area contributed by atoms with Crippen LogP contribution in [0.5, 0.6) is 5.75 Å². The number of nitrogens with zero attached hydrogens (tertiary/aromatic N) is 1. The van der Waals surface area contributed by atoms with Crippen molar-refractivity contribution in [2.24, 2.45) is 0 Å². The van der Waals surface area contributed by atoms with Crippen LogP contribution in [0.4, 0.5) is 0 Å². The summed E-state index contributed by atoms with van der Waals surface area (Å²) in [6.45, 7) is 17.3. The standard InChI is InChI=1S/C17H26N2O4S.C7H8.C5H12O.2C2H6/c1-14(18-13-20)7-10-19(23-16-8-11-22-12-9-16)24-17-5-3-15(21-2)4-6-17;1-7-5-3-2-4-6-7;1-3-4-5-6-2;2*1-2/h3-6,13-14,16H,7-12H2,1-2H3,(H,18,20);2-6H,1H3;3-5H2,1-2H3;2*1-2H3. The molecule has 0 aliphatic carbocycles. The maximum Gasteiger partial charge on any atom is 0.207 e. The van der Waals surface area contributed by atoms with Crippen LogP contribution in [0.1, 0.15) is 79.2 Å². The van der Waals surface area contributed by atoms with Gasteiger partial charge in [0, 0.05) is 44.4 Å². The first-order valence-electron chi connectivity index (χ1n) is 15.1. The van der Waals surface area contributed by atoms with Gasteiger partial charge >= 0.3 is 0 Å². The van der Waals surface area contributed by atoms with Crippen molar-refractivity contribution in [1.82, 2.24) is 9.79 Å². The number of ether oxygens (including phenoxy) is 3. The second kappa shape index (κ2) is 30.8. The number of methoxy groups -OCH3 is 2. The van der Waals surface area contributed by atoms with Gasteiger partial charge in [0.15, 0.2) is 0 Å². The smallest absolute Gasteiger partial charge is 0.207 e. The molecular formula is C33H58N2O5S. The zero-order valence-electron chi connectivity index (χ0n) is 27.2. The Labute approximate surface area is 255 Å². The Morgan fingerprint density at radius 3 is 2.07 bits per heavy atom. The summed E-state index contributed by atoms with van der Waals surface area (Å²) in [7, 11) is 3.39. The van der Waals surface area contributed by atoms with E-state index in [-0.39, 0.29) is 12.1 Å². The molecule has 0 aromatic heterocycles. The number of hydroxylamine groups is 1. The van der Waals surface area contributed by atoms with Crippen LogP contribution in [-0.2, 0) is 19.1 Å². The van der Waals surface area contributed by atoms with Gasteiger partial charge in [-0.2, -0.15) is 0 Å². The number of hydrogen-bond donors (Lipinski definition) is 1. The largest absolute Gasteiger partial charge is 0.497 e. The first-order chi connectivity index (χ1) is 20.0. The average Bonchev–Trinajstić information content (AvgIpc) is 3.03. The lowest BCUT2D eigenvalue weighted by Crippen LogP contribution is -2.33. The van der Waals surface area contributed by atoms with Crippen LogP contribution in [0.25, 0.3) is 0 Å². The Balaban J connectivity index is 0. The summed E-state index contributed by atoms with van der Waals surface area (Å²) in [5, 5.41) is 2.77. The summed E-state index contributed by atoms with van der Waals surface area (Å²) in [5.74, 6) is 0.833. The third kappa shape index (κ3) is 24.2. The van der Waals surface area contributed by atoms with Gasteiger partial charge < -0.3 is 19.5 Å². The van der Waals surface area contributed by atoms with Crippen LogP contribution in [0.3, 0.4) is 0 Å². The second-order valence-corrected chi connectivity index (χ2v) is 9.78. The van der Waals surface area contributed by atoms with Gasteiger partial charge in [0.1, 0.15) is 5.75 Å². The number of aryl methyl sites for hydroxylation is 1. The number of hydrogen-bond acceptors (Lipinski definition) is 7. The molecule has 41 heavy (non-hydrogen) atoms. The highest BCUT2D eigenvalue weighted by molar-refractivity contribution is 7.96. The van der Waals surface area contributed by atoms with E-state index in [0.717, 1.165) is 62.7 Å². The molecule has 1 aliphatic rings. The molecular weight excluding hydrogens is 536 g/mol. The minimum absolute atomic E-state index is 0.111. The fraction of sp³-hybridized carbons (Fsp3) is 0.606. The Hall–Kier alpha value is -2.10. The monoisotopic (exact) mass is 594 g/mol. The quantitative estimate of drug-likeness (QED) is 0.109. The zero-order chi connectivity index (χ0) is 31.1. The molecule has 2 aromatic rings. The van der Waals surface area contributed by atoms with Crippen molar-refractivity contribution in [2.75, 3.05) is 40.6 Å². The molecule has 1 atom stereocenters. The Morgan fingerprint density at radius 2 is 1.63 bits per heavy atom. The molecule has 0 bridgehead atoms. The lowest BCUT2D eigenvalue weighted by atomic mass is 10.2. The van der Waals surface area contributed by atoms with Gasteiger partial charge in [-0.25, -0.2) is 0 Å². The van der Waals surface area contributed by atoms with E-state index in [4.69, 9.17) is 19.0 Å². The predicted molar refractivity (Wildman–Crippen MR) is 174 cm³/mol. The second-order valence-electron chi connectivity index (χ2n) is 8.72. The van der Waals surface area contributed by atoms with E-state index in [1.54, 1.807) is 26.2 Å². The molecule has 3 rings (SSSR count). The van der Waals surface area contributed by atoms with Crippen LogP contribution in [0.2, 0.25) is 0 Å². The number of carbonyl (C=O) groups excluding carboxylic acids is 1. The first-order valence-corrected chi connectivity index (χ1v) is 15.8. The van der Waals surface area contributed by atoms with Crippen molar-refractivity contribution in [3.8, 4) is 5.75 Å². The van der Waals surface area contributed by atoms with Crippen molar-refractivity contribution >= 4 is 18.4 Å². The van der Waals surface area contributed by atoms with Crippen LogP contribution >= 0.6 is 11.9 Å². The van der Waals surface area contributed by atoms with Crippen molar-refractivity contribution in [1.29, 1.82) is 0 Å². The molecule has 1 saturated heterocycles. The average molecular weight is 595 g/mol. The molecule has 1 amide bonds. The van der Waals surface area contributed by atoms with Crippen molar-refractivity contribution in [3.63, 3.8) is 0 Å². The molecule has 1 unspecified atom stereocenters. The predicted octanol–water partition coefficient (Wildman–Crippen LogP) is 8.12.